The number of aromatic nitrogens is 1. The van der Waals surface area contributed by atoms with Gasteiger partial charge >= 0.3 is 0 Å². The minimum Gasteiger partial charge on any atom is -0.361 e. The lowest BCUT2D eigenvalue weighted by atomic mass is 9.76. The third-order valence-corrected chi connectivity index (χ3v) is 8.81. The zero-order chi connectivity index (χ0) is 26.5. The molecule has 3 aliphatic rings. The Morgan fingerprint density at radius 1 is 0.725 bits per heavy atom. The largest absolute Gasteiger partial charge is 0.361 e. The number of H-pyrrole nitrogens is 1. The van der Waals surface area contributed by atoms with E-state index in [-0.39, 0.29) is 0 Å². The van der Waals surface area contributed by atoms with Gasteiger partial charge in [-0.25, -0.2) is 0 Å². The van der Waals surface area contributed by atoms with Crippen LogP contribution in [0.5, 0.6) is 0 Å². The fraction of sp³-hybridized carbons (Fsp3) is 0.132. The number of hydrogen-bond donors (Lipinski definition) is 1. The van der Waals surface area contributed by atoms with Crippen LogP contribution in [0.15, 0.2) is 126 Å². The van der Waals surface area contributed by atoms with Crippen molar-refractivity contribution >= 4 is 49.4 Å². The molecule has 9 rings (SSSR count). The highest BCUT2D eigenvalue weighted by Gasteiger charge is 2.26. The molecule has 2 heteroatoms. The Balaban J connectivity index is 0.000000158. The van der Waals surface area contributed by atoms with E-state index in [2.05, 4.69) is 125 Å². The maximum Gasteiger partial charge on any atom is 0.0712 e. The molecule has 2 heterocycles. The molecule has 0 amide bonds. The monoisotopic (exact) mass is 514 g/mol. The van der Waals surface area contributed by atoms with Crippen molar-refractivity contribution in [2.45, 2.75) is 31.6 Å². The second-order valence-electron chi connectivity index (χ2n) is 11.0. The maximum atomic E-state index is 4.57. The van der Waals surface area contributed by atoms with E-state index in [0.717, 1.165) is 12.1 Å². The normalized spacial score (nSPS) is 17.1. The summed E-state index contributed by atoms with van der Waals surface area (Å²) >= 11 is 0. The molecule has 0 fully saturated rings. The summed E-state index contributed by atoms with van der Waals surface area (Å²) in [6, 6.07) is 35.1. The zero-order valence-electron chi connectivity index (χ0n) is 22.4. The lowest BCUT2D eigenvalue weighted by Gasteiger charge is -2.27. The summed E-state index contributed by atoms with van der Waals surface area (Å²) in [6.45, 7) is 0. The van der Waals surface area contributed by atoms with Gasteiger partial charge in [0.15, 0.2) is 0 Å². The predicted octanol–water partition coefficient (Wildman–Crippen LogP) is 10.1. The molecule has 2 nitrogen and oxygen atoms in total. The van der Waals surface area contributed by atoms with Crippen molar-refractivity contribution in [3.63, 3.8) is 0 Å². The van der Waals surface area contributed by atoms with Gasteiger partial charge in [0.2, 0.25) is 0 Å². The van der Waals surface area contributed by atoms with Gasteiger partial charge in [-0.05, 0) is 69.6 Å². The minimum atomic E-state index is 0.467. The van der Waals surface area contributed by atoms with Crippen LogP contribution >= 0.6 is 0 Å². The number of rotatable bonds is 1. The van der Waals surface area contributed by atoms with Gasteiger partial charge in [-0.3, -0.25) is 4.99 Å². The van der Waals surface area contributed by atoms with Crippen LogP contribution in [0.25, 0.3) is 38.0 Å². The van der Waals surface area contributed by atoms with Crippen molar-refractivity contribution in [2.24, 2.45) is 4.99 Å². The minimum absolute atomic E-state index is 0.467. The average Bonchev–Trinajstić information content (AvgIpc) is 3.62. The summed E-state index contributed by atoms with van der Waals surface area (Å²) in [5.41, 5.74) is 10.7. The maximum absolute atomic E-state index is 4.57. The molecule has 1 atom stereocenters. The molecule has 40 heavy (non-hydrogen) atoms. The van der Waals surface area contributed by atoms with Gasteiger partial charge in [0.05, 0.1) is 11.4 Å². The van der Waals surface area contributed by atoms with E-state index in [1.807, 2.05) is 6.07 Å². The highest BCUT2D eigenvalue weighted by Crippen LogP contribution is 2.44. The van der Waals surface area contributed by atoms with Gasteiger partial charge in [-0.15, -0.1) is 0 Å². The molecule has 1 aliphatic heterocycles. The van der Waals surface area contributed by atoms with Crippen molar-refractivity contribution in [3.05, 3.63) is 144 Å². The standard InChI is InChI=1S/C26H21N.C12H9N/c1-2-8-19-17(6-1)12-15-23-20(19)14-13-18-7-5-10-22(26(18)23)24-16-27-25-11-4-3-9-21(24)25;1-3-7-11-9(5-1)10-6-2-4-8-12(10)13-11/h1-4,6,8-9,11-16,22,27H,5,7,10H2;1-7H,8H2. The van der Waals surface area contributed by atoms with Crippen LogP contribution in [0, 0.1) is 0 Å². The first kappa shape index (κ1) is 23.2. The van der Waals surface area contributed by atoms with Gasteiger partial charge in [-0.1, -0.05) is 103 Å². The third kappa shape index (κ3) is 3.75. The molecular formula is C38H30N2. The predicted molar refractivity (Wildman–Crippen MR) is 170 cm³/mol. The Hall–Kier alpha value is -4.69. The van der Waals surface area contributed by atoms with Crippen molar-refractivity contribution < 1.29 is 0 Å². The average molecular weight is 515 g/mol. The number of aromatic amines is 1. The topological polar surface area (TPSA) is 28.1 Å². The number of fused-ring (bicyclic) bond motifs is 9. The van der Waals surface area contributed by atoms with Crippen LogP contribution < -0.4 is 0 Å². The van der Waals surface area contributed by atoms with Gasteiger partial charge < -0.3 is 4.98 Å². The molecular weight excluding hydrogens is 484 g/mol. The Kier molecular flexibility index (Phi) is 5.51. The molecule has 0 spiro atoms. The van der Waals surface area contributed by atoms with Crippen molar-refractivity contribution in [3.8, 4) is 0 Å². The van der Waals surface area contributed by atoms with Crippen LogP contribution in [0.1, 0.15) is 47.4 Å². The van der Waals surface area contributed by atoms with Gasteiger partial charge in [0.25, 0.3) is 0 Å². The Labute approximate surface area is 234 Å². The smallest absolute Gasteiger partial charge is 0.0712 e. The Morgan fingerprint density at radius 3 is 2.52 bits per heavy atom. The molecule has 1 unspecified atom stereocenters. The molecule has 0 saturated heterocycles. The summed E-state index contributed by atoms with van der Waals surface area (Å²) in [6.07, 6.45) is 13.3. The van der Waals surface area contributed by atoms with E-state index < -0.39 is 0 Å². The lowest BCUT2D eigenvalue weighted by molar-refractivity contribution is 0.623. The molecule has 1 aromatic heterocycles. The quantitative estimate of drug-likeness (QED) is 0.211. The number of aryl methyl sites for hydroxylation is 1. The van der Waals surface area contributed by atoms with E-state index in [0.29, 0.717) is 5.92 Å². The van der Waals surface area contributed by atoms with Crippen LogP contribution in [0.3, 0.4) is 0 Å². The van der Waals surface area contributed by atoms with Gasteiger partial charge in [0.1, 0.15) is 0 Å². The second-order valence-corrected chi connectivity index (χ2v) is 11.0. The number of hydrogen-bond acceptors (Lipinski definition) is 1. The molecule has 5 aromatic carbocycles. The summed E-state index contributed by atoms with van der Waals surface area (Å²) < 4.78 is 0. The van der Waals surface area contributed by atoms with E-state index in [9.17, 15) is 0 Å². The number of nitrogens with zero attached hydrogens (tertiary/aromatic N) is 1. The number of para-hydroxylation sites is 2. The van der Waals surface area contributed by atoms with Gasteiger partial charge in [-0.2, -0.15) is 0 Å². The first-order valence-electron chi connectivity index (χ1n) is 14.4. The zero-order valence-corrected chi connectivity index (χ0v) is 22.4. The third-order valence-electron chi connectivity index (χ3n) is 8.81. The highest BCUT2D eigenvalue weighted by atomic mass is 14.8. The van der Waals surface area contributed by atoms with Crippen LogP contribution in [0.4, 0.5) is 5.69 Å². The first-order chi connectivity index (χ1) is 19.8. The molecule has 0 saturated carbocycles. The number of nitrogens with one attached hydrogen (secondary N) is 1. The van der Waals surface area contributed by atoms with Crippen molar-refractivity contribution in [1.82, 2.24) is 4.98 Å². The van der Waals surface area contributed by atoms with Crippen molar-refractivity contribution in [1.29, 1.82) is 0 Å². The molecule has 0 bridgehead atoms. The number of aliphatic imine (C=N–C) groups is 1. The molecule has 6 aromatic rings. The SMILES string of the molecule is C1=CCC2=Nc3ccccc3C2=C1.c1ccc2c(c1)ccc1c3c(ccc12)CCCC3c1c[nH]c2ccccc12. The summed E-state index contributed by atoms with van der Waals surface area (Å²) in [4.78, 5) is 8.06. The highest BCUT2D eigenvalue weighted by molar-refractivity contribution is 6.30. The van der Waals surface area contributed by atoms with Crippen LogP contribution in [-0.4, -0.2) is 10.7 Å². The van der Waals surface area contributed by atoms with Gasteiger partial charge in [0, 0.05) is 40.6 Å². The van der Waals surface area contributed by atoms with E-state index in [1.165, 1.54) is 79.7 Å². The summed E-state index contributed by atoms with van der Waals surface area (Å²) in [7, 11) is 0. The Morgan fingerprint density at radius 2 is 1.55 bits per heavy atom. The van der Waals surface area contributed by atoms with E-state index in [4.69, 9.17) is 0 Å². The van der Waals surface area contributed by atoms with Crippen LogP contribution in [-0.2, 0) is 6.42 Å². The lowest BCUT2D eigenvalue weighted by Crippen LogP contribution is -2.11. The second kappa shape index (κ2) is 9.50. The fourth-order valence-corrected chi connectivity index (χ4v) is 6.97. The van der Waals surface area contributed by atoms with E-state index >= 15 is 0 Å². The van der Waals surface area contributed by atoms with E-state index in [1.54, 1.807) is 5.56 Å². The molecule has 2 aliphatic carbocycles. The fourth-order valence-electron chi connectivity index (χ4n) is 6.97. The Bertz CT molecular complexity index is 2020. The van der Waals surface area contributed by atoms with Crippen LogP contribution in [0.2, 0.25) is 0 Å². The summed E-state index contributed by atoms with van der Waals surface area (Å²) in [5.74, 6) is 0.467. The molecule has 1 N–H and O–H groups in total. The molecule has 192 valence electrons. The molecule has 0 radical (unpaired) electrons. The number of benzene rings is 5. The van der Waals surface area contributed by atoms with Crippen molar-refractivity contribution in [2.75, 3.05) is 0 Å². The first-order valence-corrected chi connectivity index (χ1v) is 14.4. The summed E-state index contributed by atoms with van der Waals surface area (Å²) in [5, 5.41) is 6.87. The number of allylic oxidation sites excluding steroid dienone is 4.